The van der Waals surface area contributed by atoms with Gasteiger partial charge in [0.15, 0.2) is 0 Å². The minimum Gasteiger partial charge on any atom is -0.388 e. The maximum Gasteiger partial charge on any atom is 0.227 e. The van der Waals surface area contributed by atoms with Crippen molar-refractivity contribution in [3.63, 3.8) is 0 Å². The topological polar surface area (TPSA) is 108 Å². The summed E-state index contributed by atoms with van der Waals surface area (Å²) in [7, 11) is 0. The summed E-state index contributed by atoms with van der Waals surface area (Å²) in [6.45, 7) is 3.99. The lowest BCUT2D eigenvalue weighted by molar-refractivity contribution is -0.126. The van der Waals surface area contributed by atoms with E-state index in [4.69, 9.17) is 4.74 Å². The molecule has 144 valence electrons. The Morgan fingerprint density at radius 2 is 1.69 bits per heavy atom. The van der Waals surface area contributed by atoms with Crippen molar-refractivity contribution in [2.24, 2.45) is 5.92 Å². The molecule has 0 saturated carbocycles. The lowest BCUT2D eigenvalue weighted by Gasteiger charge is -2.18. The first kappa shape index (κ1) is 20.4. The van der Waals surface area contributed by atoms with Crippen LogP contribution in [0.15, 0.2) is 30.3 Å². The van der Waals surface area contributed by atoms with E-state index in [0.717, 1.165) is 12.8 Å². The molecule has 0 unspecified atom stereocenters. The molecule has 26 heavy (non-hydrogen) atoms. The molecule has 0 aromatic heterocycles. The molecule has 0 bridgehead atoms. The molecule has 4 atom stereocenters. The van der Waals surface area contributed by atoms with Crippen LogP contribution >= 0.6 is 0 Å². The second kappa shape index (κ2) is 9.66. The zero-order valence-corrected chi connectivity index (χ0v) is 15.2. The van der Waals surface area contributed by atoms with Gasteiger partial charge in [-0.05, 0) is 25.0 Å². The normalized spacial score (nSPS) is 25.3. The largest absolute Gasteiger partial charge is 0.388 e. The van der Waals surface area contributed by atoms with Gasteiger partial charge in [0.2, 0.25) is 11.8 Å². The standard InChI is InChI=1S/C19H28N2O5/c1-3-12(4-2)19(25)20-11-15-18(24)17(23)14(26-15)10-16(22)21-13-8-6-5-7-9-13/h5-9,12,14-15,17-18,23-24H,3-4,10-11H2,1-2H3,(H,20,25)(H,21,22)/t14-,15-,17-,18+/m0/s1. The van der Waals surface area contributed by atoms with E-state index in [1.807, 2.05) is 19.9 Å². The number of aliphatic hydroxyl groups is 2. The van der Waals surface area contributed by atoms with Crippen LogP contribution in [-0.4, -0.2) is 53.0 Å². The van der Waals surface area contributed by atoms with Crippen LogP contribution in [0.1, 0.15) is 33.1 Å². The van der Waals surface area contributed by atoms with Crippen LogP contribution in [0, 0.1) is 5.92 Å². The van der Waals surface area contributed by atoms with Crippen molar-refractivity contribution in [2.75, 3.05) is 11.9 Å². The molecule has 1 aromatic rings. The Bertz CT molecular complexity index is 591. The molecule has 1 heterocycles. The van der Waals surface area contributed by atoms with Crippen LogP contribution in [0.25, 0.3) is 0 Å². The fourth-order valence-corrected chi connectivity index (χ4v) is 3.08. The van der Waals surface area contributed by atoms with Crippen molar-refractivity contribution >= 4 is 17.5 Å². The highest BCUT2D eigenvalue weighted by atomic mass is 16.5. The Morgan fingerprint density at radius 1 is 1.08 bits per heavy atom. The first-order valence-electron chi connectivity index (χ1n) is 9.10. The summed E-state index contributed by atoms with van der Waals surface area (Å²) < 4.78 is 5.62. The van der Waals surface area contributed by atoms with Crippen LogP contribution in [0.3, 0.4) is 0 Å². The molecule has 2 rings (SSSR count). The van der Waals surface area contributed by atoms with Crippen LogP contribution in [0.5, 0.6) is 0 Å². The molecule has 4 N–H and O–H groups in total. The molecule has 0 radical (unpaired) electrons. The third-order valence-corrected chi connectivity index (χ3v) is 4.74. The van der Waals surface area contributed by atoms with E-state index in [-0.39, 0.29) is 30.7 Å². The zero-order valence-electron chi connectivity index (χ0n) is 15.2. The molecule has 2 amide bonds. The summed E-state index contributed by atoms with van der Waals surface area (Å²) >= 11 is 0. The summed E-state index contributed by atoms with van der Waals surface area (Å²) in [6, 6.07) is 8.97. The number of amides is 2. The number of nitrogens with one attached hydrogen (secondary N) is 2. The molecule has 1 aliphatic rings. The fourth-order valence-electron chi connectivity index (χ4n) is 3.08. The summed E-state index contributed by atoms with van der Waals surface area (Å²) in [6.07, 6.45) is -2.48. The maximum absolute atomic E-state index is 12.1. The number of hydrogen-bond acceptors (Lipinski definition) is 5. The van der Waals surface area contributed by atoms with Gasteiger partial charge in [-0.15, -0.1) is 0 Å². The van der Waals surface area contributed by atoms with Gasteiger partial charge >= 0.3 is 0 Å². The van der Waals surface area contributed by atoms with Crippen molar-refractivity contribution in [2.45, 2.75) is 57.5 Å². The minimum absolute atomic E-state index is 0.0779. The van der Waals surface area contributed by atoms with Crippen LogP contribution < -0.4 is 10.6 Å². The highest BCUT2D eigenvalue weighted by Gasteiger charge is 2.43. The summed E-state index contributed by atoms with van der Waals surface area (Å²) in [5.41, 5.74) is 0.652. The molecule has 1 saturated heterocycles. The second-order valence-electron chi connectivity index (χ2n) is 6.57. The molecule has 1 fully saturated rings. The van der Waals surface area contributed by atoms with Crippen LogP contribution in [0.2, 0.25) is 0 Å². The molecule has 7 nitrogen and oxygen atoms in total. The molecule has 1 aromatic carbocycles. The Morgan fingerprint density at radius 3 is 2.31 bits per heavy atom. The molecule has 0 spiro atoms. The number of benzene rings is 1. The monoisotopic (exact) mass is 364 g/mol. The van der Waals surface area contributed by atoms with Gasteiger partial charge in [-0.2, -0.15) is 0 Å². The Balaban J connectivity index is 1.84. The molecular weight excluding hydrogens is 336 g/mol. The first-order valence-corrected chi connectivity index (χ1v) is 9.10. The highest BCUT2D eigenvalue weighted by molar-refractivity contribution is 5.91. The summed E-state index contributed by atoms with van der Waals surface area (Å²) in [4.78, 5) is 24.1. The lowest BCUT2D eigenvalue weighted by atomic mass is 10.0. The third-order valence-electron chi connectivity index (χ3n) is 4.74. The average molecular weight is 364 g/mol. The van der Waals surface area contributed by atoms with Gasteiger partial charge in [0, 0.05) is 18.2 Å². The smallest absolute Gasteiger partial charge is 0.227 e. The average Bonchev–Trinajstić information content (AvgIpc) is 2.89. The van der Waals surface area contributed by atoms with E-state index < -0.39 is 24.4 Å². The lowest BCUT2D eigenvalue weighted by Crippen LogP contribution is -2.41. The summed E-state index contributed by atoms with van der Waals surface area (Å²) in [5.74, 6) is -0.481. The number of para-hydroxylation sites is 1. The number of aliphatic hydroxyl groups excluding tert-OH is 2. The SMILES string of the molecule is CCC(CC)C(=O)NC[C@@H]1O[C@@H](CC(=O)Nc2ccccc2)[C@H](O)[C@@H]1O. The van der Waals surface area contributed by atoms with Gasteiger partial charge in [0.25, 0.3) is 0 Å². The van der Waals surface area contributed by atoms with E-state index in [1.165, 1.54) is 0 Å². The van der Waals surface area contributed by atoms with Gasteiger partial charge in [0.1, 0.15) is 18.3 Å². The first-order chi connectivity index (χ1) is 12.5. The number of hydrogen-bond donors (Lipinski definition) is 4. The van der Waals surface area contributed by atoms with E-state index in [1.54, 1.807) is 24.3 Å². The molecular formula is C19H28N2O5. The number of carbonyl (C=O) groups excluding carboxylic acids is 2. The Hall–Kier alpha value is -1.96. The van der Waals surface area contributed by atoms with Gasteiger partial charge in [-0.3, -0.25) is 9.59 Å². The van der Waals surface area contributed by atoms with Crippen LogP contribution in [-0.2, 0) is 14.3 Å². The van der Waals surface area contributed by atoms with Crippen molar-refractivity contribution < 1.29 is 24.5 Å². The van der Waals surface area contributed by atoms with Crippen molar-refractivity contribution in [3.05, 3.63) is 30.3 Å². The fraction of sp³-hybridized carbons (Fsp3) is 0.579. The molecule has 7 heteroatoms. The van der Waals surface area contributed by atoms with Crippen molar-refractivity contribution in [1.29, 1.82) is 0 Å². The minimum atomic E-state index is -1.17. The van der Waals surface area contributed by atoms with E-state index in [9.17, 15) is 19.8 Å². The highest BCUT2D eigenvalue weighted by Crippen LogP contribution is 2.24. The number of anilines is 1. The van der Waals surface area contributed by atoms with Gasteiger partial charge < -0.3 is 25.6 Å². The molecule has 0 aliphatic carbocycles. The number of rotatable bonds is 8. The Labute approximate surface area is 153 Å². The van der Waals surface area contributed by atoms with Gasteiger partial charge in [-0.1, -0.05) is 32.0 Å². The van der Waals surface area contributed by atoms with Gasteiger partial charge in [0.05, 0.1) is 12.5 Å². The zero-order chi connectivity index (χ0) is 19.1. The third kappa shape index (κ3) is 5.27. The van der Waals surface area contributed by atoms with Crippen molar-refractivity contribution in [3.8, 4) is 0 Å². The quantitative estimate of drug-likeness (QED) is 0.552. The van der Waals surface area contributed by atoms with E-state index in [2.05, 4.69) is 10.6 Å². The molecule has 1 aliphatic heterocycles. The predicted octanol–water partition coefficient (Wildman–Crippen LogP) is 1.06. The second-order valence-corrected chi connectivity index (χ2v) is 6.57. The van der Waals surface area contributed by atoms with Crippen molar-refractivity contribution in [1.82, 2.24) is 5.32 Å². The summed E-state index contributed by atoms with van der Waals surface area (Å²) in [5, 5.41) is 25.8. The van der Waals surface area contributed by atoms with Crippen LogP contribution in [0.4, 0.5) is 5.69 Å². The maximum atomic E-state index is 12.1. The number of carbonyl (C=O) groups is 2. The Kier molecular flexibility index (Phi) is 7.56. The van der Waals surface area contributed by atoms with Gasteiger partial charge in [-0.25, -0.2) is 0 Å². The van der Waals surface area contributed by atoms with E-state index in [0.29, 0.717) is 5.69 Å². The van der Waals surface area contributed by atoms with E-state index >= 15 is 0 Å². The number of ether oxygens (including phenoxy) is 1. The predicted molar refractivity (Wildman–Crippen MR) is 97.4 cm³/mol.